The number of carbonyl (C=O) groups is 1. The van der Waals surface area contributed by atoms with Gasteiger partial charge in [0.1, 0.15) is 0 Å². The monoisotopic (exact) mass is 162 g/mol. The molecule has 0 bridgehead atoms. The van der Waals surface area contributed by atoms with Crippen LogP contribution >= 0.6 is 0 Å². The van der Waals surface area contributed by atoms with Crippen LogP contribution in [0.2, 0.25) is 0 Å². The minimum absolute atomic E-state index is 0.633. The van der Waals surface area contributed by atoms with Gasteiger partial charge in [-0.25, -0.2) is 14.6 Å². The molecule has 0 spiro atoms. The molecule has 0 amide bonds. The standard InChI is InChI=1S/C4H10O2.C3H4O2/c1-3-5-6-4-2;1-2-3(4)5/h3-4H2,1-2H3;2H,1H2,(H,4,5). The predicted molar refractivity (Wildman–Crippen MR) is 41.1 cm³/mol. The van der Waals surface area contributed by atoms with E-state index in [1.165, 1.54) is 0 Å². The van der Waals surface area contributed by atoms with Gasteiger partial charge in [0.2, 0.25) is 0 Å². The molecule has 0 aromatic heterocycles. The highest BCUT2D eigenvalue weighted by Gasteiger charge is 1.73. The SMILES string of the molecule is C=CC(=O)O.CCOOCC. The van der Waals surface area contributed by atoms with Gasteiger partial charge >= 0.3 is 5.97 Å². The Bertz CT molecular complexity index is 96.6. The summed E-state index contributed by atoms with van der Waals surface area (Å²) in [5, 5.41) is 7.60. The summed E-state index contributed by atoms with van der Waals surface area (Å²) in [6, 6.07) is 0. The van der Waals surface area contributed by atoms with E-state index >= 15 is 0 Å². The highest BCUT2D eigenvalue weighted by atomic mass is 17.2. The van der Waals surface area contributed by atoms with Crippen molar-refractivity contribution in [2.24, 2.45) is 0 Å². The molecule has 1 N–H and O–H groups in total. The van der Waals surface area contributed by atoms with E-state index in [9.17, 15) is 4.79 Å². The smallest absolute Gasteiger partial charge is 0.327 e. The second-order valence-corrected chi connectivity index (χ2v) is 1.36. The van der Waals surface area contributed by atoms with E-state index in [1.54, 1.807) is 0 Å². The maximum atomic E-state index is 9.25. The molecule has 0 atom stereocenters. The van der Waals surface area contributed by atoms with Crippen LogP contribution in [-0.4, -0.2) is 24.3 Å². The Kier molecular flexibility index (Phi) is 13.8. The molecule has 66 valence electrons. The molecular weight excluding hydrogens is 148 g/mol. The minimum atomic E-state index is -0.981. The molecule has 0 aliphatic rings. The largest absolute Gasteiger partial charge is 0.478 e. The Labute approximate surface area is 66.4 Å². The molecule has 0 radical (unpaired) electrons. The van der Waals surface area contributed by atoms with Gasteiger partial charge in [-0.2, -0.15) is 0 Å². The summed E-state index contributed by atoms with van der Waals surface area (Å²) in [5.74, 6) is -0.981. The second kappa shape index (κ2) is 11.9. The highest BCUT2D eigenvalue weighted by Crippen LogP contribution is 1.72. The van der Waals surface area contributed by atoms with Crippen LogP contribution in [0, 0.1) is 0 Å². The summed E-state index contributed by atoms with van der Waals surface area (Å²) >= 11 is 0. The normalized spacial score (nSPS) is 7.82. The first-order chi connectivity index (χ1) is 5.18. The van der Waals surface area contributed by atoms with E-state index in [1.807, 2.05) is 13.8 Å². The lowest BCUT2D eigenvalue weighted by Crippen LogP contribution is -1.90. The van der Waals surface area contributed by atoms with Crippen molar-refractivity contribution in [1.82, 2.24) is 0 Å². The van der Waals surface area contributed by atoms with Crippen molar-refractivity contribution < 1.29 is 19.7 Å². The minimum Gasteiger partial charge on any atom is -0.478 e. The zero-order valence-corrected chi connectivity index (χ0v) is 6.87. The molecule has 4 nitrogen and oxygen atoms in total. The Morgan fingerprint density at radius 2 is 1.73 bits per heavy atom. The van der Waals surface area contributed by atoms with E-state index in [0.29, 0.717) is 13.2 Å². The first kappa shape index (κ1) is 12.8. The quantitative estimate of drug-likeness (QED) is 0.292. The Morgan fingerprint density at radius 1 is 1.45 bits per heavy atom. The van der Waals surface area contributed by atoms with Gasteiger partial charge < -0.3 is 5.11 Å². The fourth-order valence-electron chi connectivity index (χ4n) is 0.167. The zero-order chi connectivity index (χ0) is 9.11. The van der Waals surface area contributed by atoms with Crippen molar-refractivity contribution in [1.29, 1.82) is 0 Å². The lowest BCUT2D eigenvalue weighted by molar-refractivity contribution is -0.287. The summed E-state index contributed by atoms with van der Waals surface area (Å²) in [6.07, 6.45) is 0.833. The van der Waals surface area contributed by atoms with Gasteiger partial charge in [-0.1, -0.05) is 6.58 Å². The molecule has 0 saturated carbocycles. The van der Waals surface area contributed by atoms with Crippen molar-refractivity contribution in [2.75, 3.05) is 13.2 Å². The Morgan fingerprint density at radius 3 is 1.82 bits per heavy atom. The number of hydrogen-bond donors (Lipinski definition) is 1. The van der Waals surface area contributed by atoms with Crippen molar-refractivity contribution >= 4 is 5.97 Å². The number of rotatable bonds is 4. The van der Waals surface area contributed by atoms with Crippen LogP contribution in [-0.2, 0) is 14.6 Å². The highest BCUT2D eigenvalue weighted by molar-refractivity contribution is 5.78. The number of carboxylic acid groups (broad SMARTS) is 1. The average molecular weight is 162 g/mol. The van der Waals surface area contributed by atoms with Gasteiger partial charge in [-0.05, 0) is 13.8 Å². The third-order valence-corrected chi connectivity index (χ3v) is 0.494. The van der Waals surface area contributed by atoms with Gasteiger partial charge in [0.15, 0.2) is 0 Å². The van der Waals surface area contributed by atoms with Crippen molar-refractivity contribution in [2.45, 2.75) is 13.8 Å². The average Bonchev–Trinajstić information content (AvgIpc) is 2.02. The number of hydrogen-bond acceptors (Lipinski definition) is 3. The maximum absolute atomic E-state index is 9.25. The molecule has 0 aliphatic heterocycles. The second-order valence-electron chi connectivity index (χ2n) is 1.36. The summed E-state index contributed by atoms with van der Waals surface area (Å²) in [6.45, 7) is 8.00. The van der Waals surface area contributed by atoms with Gasteiger partial charge in [-0.3, -0.25) is 0 Å². The summed E-state index contributed by atoms with van der Waals surface area (Å²) in [5.41, 5.74) is 0. The van der Waals surface area contributed by atoms with Crippen LogP contribution in [0.3, 0.4) is 0 Å². The lowest BCUT2D eigenvalue weighted by Gasteiger charge is -1.92. The Hall–Kier alpha value is -0.870. The Balaban J connectivity index is 0. The number of carboxylic acids is 1. The topological polar surface area (TPSA) is 55.8 Å². The van der Waals surface area contributed by atoms with Gasteiger partial charge in [-0.15, -0.1) is 0 Å². The van der Waals surface area contributed by atoms with Crippen LogP contribution in [0.4, 0.5) is 0 Å². The van der Waals surface area contributed by atoms with Crippen molar-refractivity contribution in [3.8, 4) is 0 Å². The number of aliphatic carboxylic acids is 1. The van der Waals surface area contributed by atoms with Gasteiger partial charge in [0.25, 0.3) is 0 Å². The fraction of sp³-hybridized carbons (Fsp3) is 0.571. The molecule has 4 heteroatoms. The molecule has 0 heterocycles. The molecule has 0 aromatic rings. The molecule has 0 aliphatic carbocycles. The summed E-state index contributed by atoms with van der Waals surface area (Å²) in [7, 11) is 0. The van der Waals surface area contributed by atoms with Crippen molar-refractivity contribution in [3.05, 3.63) is 12.7 Å². The fourth-order valence-corrected chi connectivity index (χ4v) is 0.167. The lowest BCUT2D eigenvalue weighted by atomic mass is 10.7. The molecule has 0 saturated heterocycles. The summed E-state index contributed by atoms with van der Waals surface area (Å²) < 4.78 is 0. The van der Waals surface area contributed by atoms with E-state index < -0.39 is 5.97 Å². The molecule has 11 heavy (non-hydrogen) atoms. The third-order valence-electron chi connectivity index (χ3n) is 0.494. The van der Waals surface area contributed by atoms with E-state index in [0.717, 1.165) is 6.08 Å². The zero-order valence-electron chi connectivity index (χ0n) is 6.87. The van der Waals surface area contributed by atoms with Crippen LogP contribution in [0.15, 0.2) is 12.7 Å². The van der Waals surface area contributed by atoms with Crippen molar-refractivity contribution in [3.63, 3.8) is 0 Å². The first-order valence-electron chi connectivity index (χ1n) is 3.28. The molecular formula is C7H14O4. The first-order valence-corrected chi connectivity index (χ1v) is 3.28. The van der Waals surface area contributed by atoms with Gasteiger partial charge in [0.05, 0.1) is 13.2 Å². The van der Waals surface area contributed by atoms with Crippen LogP contribution in [0.5, 0.6) is 0 Å². The van der Waals surface area contributed by atoms with Gasteiger partial charge in [0, 0.05) is 6.08 Å². The van der Waals surface area contributed by atoms with Crippen LogP contribution < -0.4 is 0 Å². The summed E-state index contributed by atoms with van der Waals surface area (Å²) in [4.78, 5) is 18.2. The van der Waals surface area contributed by atoms with Crippen LogP contribution in [0.1, 0.15) is 13.8 Å². The van der Waals surface area contributed by atoms with E-state index in [4.69, 9.17) is 5.11 Å². The third kappa shape index (κ3) is 27.2. The molecule has 0 rings (SSSR count). The maximum Gasteiger partial charge on any atom is 0.327 e. The molecule has 0 unspecified atom stereocenters. The van der Waals surface area contributed by atoms with E-state index in [-0.39, 0.29) is 0 Å². The molecule has 0 fully saturated rings. The predicted octanol–water partition coefficient (Wildman–Crippen LogP) is 1.23. The molecule has 0 aromatic carbocycles. The van der Waals surface area contributed by atoms with E-state index in [2.05, 4.69) is 16.4 Å². The van der Waals surface area contributed by atoms with Crippen LogP contribution in [0.25, 0.3) is 0 Å².